The van der Waals surface area contributed by atoms with Crippen LogP contribution >= 0.6 is 0 Å². The third-order valence-electron chi connectivity index (χ3n) is 1.15. The van der Waals surface area contributed by atoms with Gasteiger partial charge in [-0.2, -0.15) is 0 Å². The van der Waals surface area contributed by atoms with Crippen molar-refractivity contribution in [2.75, 3.05) is 13.2 Å². The maximum atomic E-state index is 10.9. The number of halogens is 2. The fraction of sp³-hybridized carbons (Fsp3) is 0.750. The molecule has 0 aliphatic rings. The van der Waals surface area contributed by atoms with Gasteiger partial charge in [0.1, 0.15) is 0 Å². The Balaban J connectivity index is -0.000000720. The van der Waals surface area contributed by atoms with Gasteiger partial charge in [-0.25, -0.2) is 0 Å². The van der Waals surface area contributed by atoms with Crippen molar-refractivity contribution in [1.29, 1.82) is 0 Å². The Kier molecular flexibility index (Phi) is 21.8. The third-order valence-corrected chi connectivity index (χ3v) is 4.22. The first-order valence-electron chi connectivity index (χ1n) is 4.22. The van der Waals surface area contributed by atoms with Crippen LogP contribution in [0.15, 0.2) is 0 Å². The number of carbonyl (C=O) groups is 2. The molecule has 88 valence electrons. The van der Waals surface area contributed by atoms with Crippen LogP contribution < -0.4 is 48.0 Å². The minimum Gasteiger partial charge on any atom is -1.00 e. The fourth-order valence-electron chi connectivity index (χ4n) is 0.691. The van der Waals surface area contributed by atoms with E-state index in [-0.39, 0.29) is 59.9 Å². The van der Waals surface area contributed by atoms with Gasteiger partial charge in [-0.15, -0.1) is 0 Å². The van der Waals surface area contributed by atoms with Gasteiger partial charge >= 0.3 is 88.1 Å². The van der Waals surface area contributed by atoms with Crippen LogP contribution in [0.1, 0.15) is 13.8 Å². The van der Waals surface area contributed by atoms with E-state index >= 15 is 0 Å². The molecule has 0 amide bonds. The van der Waals surface area contributed by atoms with E-state index < -0.39 is 21.1 Å². The van der Waals surface area contributed by atoms with Gasteiger partial charge in [0.05, 0.1) is 0 Å². The Morgan fingerprint density at radius 3 is 1.53 bits per heavy atom. The average molecular weight is 547 g/mol. The quantitative estimate of drug-likeness (QED) is 0.190. The first kappa shape index (κ1) is 21.5. The zero-order valence-electron chi connectivity index (χ0n) is 8.72. The van der Waals surface area contributed by atoms with Gasteiger partial charge in [-0.3, -0.25) is 0 Å². The molecule has 0 saturated heterocycles. The summed E-state index contributed by atoms with van der Waals surface area (Å²) in [5.74, 6) is -0.364. The molecule has 0 aliphatic heterocycles. The Morgan fingerprint density at radius 1 is 0.933 bits per heavy atom. The standard InChI is InChI=1S/2C4H7O2.2HI.Sn/c2*1-3-6-4(2)5;;;/h2*2-3H2,1H3;2*1H;/q;;;;+2/p-2. The van der Waals surface area contributed by atoms with Crippen LogP contribution in [0.3, 0.4) is 0 Å². The molecule has 7 heteroatoms. The van der Waals surface area contributed by atoms with Crippen LogP contribution in [0.5, 0.6) is 0 Å². The molecule has 0 unspecified atom stereocenters. The molecule has 0 radical (unpaired) electrons. The normalized spacial score (nSPS) is 7.60. The summed E-state index contributed by atoms with van der Waals surface area (Å²) in [5.41, 5.74) is 0. The molecule has 4 nitrogen and oxygen atoms in total. The molecule has 0 spiro atoms. The summed E-state index contributed by atoms with van der Waals surface area (Å²) in [7, 11) is 0. The first-order valence-corrected chi connectivity index (χ1v) is 8.26. The minimum absolute atomic E-state index is 0. The molecule has 0 bridgehead atoms. The molecule has 0 atom stereocenters. The summed E-state index contributed by atoms with van der Waals surface area (Å²) in [6, 6.07) is 0. The summed E-state index contributed by atoms with van der Waals surface area (Å²) < 4.78 is 10.4. The second kappa shape index (κ2) is 15.2. The zero-order valence-corrected chi connectivity index (χ0v) is 15.9. The maximum Gasteiger partial charge on any atom is -1.00 e. The molecule has 0 aromatic carbocycles. The van der Waals surface area contributed by atoms with Crippen molar-refractivity contribution in [2.24, 2.45) is 0 Å². The summed E-state index contributed by atoms with van der Waals surface area (Å²) in [6.45, 7) is 4.37. The molecule has 0 aliphatic carbocycles. The second-order valence-corrected chi connectivity index (χ2v) is 5.66. The maximum absolute atomic E-state index is 10.9. The number of hydrogen-bond acceptors (Lipinski definition) is 4. The molecule has 0 rings (SSSR count). The summed E-state index contributed by atoms with van der Waals surface area (Å²) in [6.07, 6.45) is 0. The van der Waals surface area contributed by atoms with Crippen molar-refractivity contribution in [1.82, 2.24) is 0 Å². The predicted molar refractivity (Wildman–Crippen MR) is 48.6 cm³/mol. The van der Waals surface area contributed by atoms with E-state index in [1.165, 1.54) is 0 Å². The molecule has 15 heavy (non-hydrogen) atoms. The number of esters is 2. The monoisotopic (exact) mass is 548 g/mol. The summed E-state index contributed by atoms with van der Waals surface area (Å²) in [5, 5.41) is 0. The fourth-order valence-corrected chi connectivity index (χ4v) is 2.80. The molecule has 0 heterocycles. The van der Waals surface area contributed by atoms with E-state index in [4.69, 9.17) is 9.47 Å². The van der Waals surface area contributed by atoms with Gasteiger partial charge in [0.25, 0.3) is 0 Å². The Bertz CT molecular complexity index is 160. The average Bonchev–Trinajstić information content (AvgIpc) is 2.05. The van der Waals surface area contributed by atoms with E-state index in [1.54, 1.807) is 13.8 Å². The number of ether oxygens (including phenoxy) is 2. The van der Waals surface area contributed by atoms with Gasteiger partial charge in [-0.1, -0.05) is 0 Å². The van der Waals surface area contributed by atoms with Crippen LogP contribution in [0, 0.1) is 0 Å². The molecule has 0 aromatic rings. The molecule has 0 saturated carbocycles. The predicted octanol–water partition coefficient (Wildman–Crippen LogP) is -5.34. The van der Waals surface area contributed by atoms with Crippen LogP contribution in [0.4, 0.5) is 0 Å². The summed E-state index contributed by atoms with van der Waals surface area (Å²) >= 11 is -0.936. The van der Waals surface area contributed by atoms with E-state index in [1.807, 2.05) is 0 Å². The van der Waals surface area contributed by atoms with Gasteiger partial charge in [-0.05, 0) is 0 Å². The SMILES string of the molecule is CCOC(=O)[CH2][Sn+2][CH2]C(=O)OCC.[I-].[I-]. The van der Waals surface area contributed by atoms with Crippen molar-refractivity contribution >= 4 is 33.1 Å². The molecule has 0 aromatic heterocycles. The van der Waals surface area contributed by atoms with Gasteiger partial charge < -0.3 is 48.0 Å². The topological polar surface area (TPSA) is 52.6 Å². The molecule has 0 fully saturated rings. The van der Waals surface area contributed by atoms with Crippen molar-refractivity contribution in [3.05, 3.63) is 0 Å². The second-order valence-electron chi connectivity index (χ2n) is 2.21. The number of rotatable bonds is 6. The van der Waals surface area contributed by atoms with Gasteiger partial charge in [0.2, 0.25) is 0 Å². The molecular formula is C8H14I2O4Sn. The van der Waals surface area contributed by atoms with Crippen LogP contribution in [-0.2, 0) is 19.1 Å². The van der Waals surface area contributed by atoms with E-state index in [0.29, 0.717) is 22.1 Å². The van der Waals surface area contributed by atoms with Crippen molar-refractivity contribution in [3.8, 4) is 0 Å². The number of carbonyl (C=O) groups excluding carboxylic acids is 2. The van der Waals surface area contributed by atoms with Gasteiger partial charge in [0.15, 0.2) is 0 Å². The Labute approximate surface area is 134 Å². The Hall–Kier alpha value is 1.20. The first-order chi connectivity index (χ1) is 6.20. The van der Waals surface area contributed by atoms with Crippen molar-refractivity contribution in [2.45, 2.75) is 22.7 Å². The van der Waals surface area contributed by atoms with E-state index in [2.05, 4.69) is 0 Å². The zero-order chi connectivity index (χ0) is 10.1. The largest absolute Gasteiger partial charge is 1.00 e. The van der Waals surface area contributed by atoms with Crippen LogP contribution in [0.25, 0.3) is 0 Å². The summed E-state index contributed by atoms with van der Waals surface area (Å²) in [4.78, 5) is 21.7. The van der Waals surface area contributed by atoms with Crippen molar-refractivity contribution in [3.63, 3.8) is 0 Å². The Morgan fingerprint density at radius 2 is 1.27 bits per heavy atom. The van der Waals surface area contributed by atoms with E-state index in [9.17, 15) is 9.59 Å². The molecule has 0 N–H and O–H groups in total. The molecular weight excluding hydrogens is 533 g/mol. The minimum atomic E-state index is -0.936. The van der Waals surface area contributed by atoms with E-state index in [0.717, 1.165) is 0 Å². The van der Waals surface area contributed by atoms with Crippen LogP contribution in [-0.4, -0.2) is 46.3 Å². The smallest absolute Gasteiger partial charge is 1.00 e. The van der Waals surface area contributed by atoms with Crippen LogP contribution in [0.2, 0.25) is 8.87 Å². The van der Waals surface area contributed by atoms with Gasteiger partial charge in [0, 0.05) is 0 Å². The third kappa shape index (κ3) is 15.2. The van der Waals surface area contributed by atoms with Crippen molar-refractivity contribution < 1.29 is 67.0 Å². The number of hydrogen-bond donors (Lipinski definition) is 0.